The Morgan fingerprint density at radius 2 is 2.12 bits per heavy atom. The number of rotatable bonds is 4. The number of aliphatic hydroxyl groups is 1. The molecule has 0 aromatic carbocycles. The van der Waals surface area contributed by atoms with Crippen molar-refractivity contribution in [3.63, 3.8) is 0 Å². The van der Waals surface area contributed by atoms with Gasteiger partial charge in [-0.25, -0.2) is 0 Å². The lowest BCUT2D eigenvalue weighted by Gasteiger charge is -2.41. The molecule has 2 N–H and O–H groups in total. The first-order valence-corrected chi connectivity index (χ1v) is 6.14. The lowest BCUT2D eigenvalue weighted by molar-refractivity contribution is -0.147. The minimum atomic E-state index is -0.759. The SMILES string of the molecule is CCC1CCN(C(C)C(C)O)C(C(=O)O)C1. The topological polar surface area (TPSA) is 60.8 Å². The number of hydrogen-bond acceptors (Lipinski definition) is 3. The molecule has 1 rings (SSSR count). The Hall–Kier alpha value is -0.610. The van der Waals surface area contributed by atoms with E-state index in [9.17, 15) is 15.0 Å². The second-order valence-electron chi connectivity index (χ2n) is 4.87. The van der Waals surface area contributed by atoms with Crippen molar-refractivity contribution in [1.29, 1.82) is 0 Å². The van der Waals surface area contributed by atoms with Gasteiger partial charge in [-0.3, -0.25) is 9.69 Å². The van der Waals surface area contributed by atoms with E-state index in [2.05, 4.69) is 6.92 Å². The molecule has 0 aromatic rings. The van der Waals surface area contributed by atoms with Crippen LogP contribution in [0.1, 0.15) is 40.0 Å². The Balaban J connectivity index is 2.72. The van der Waals surface area contributed by atoms with Gasteiger partial charge >= 0.3 is 5.97 Å². The third-order valence-corrected chi connectivity index (χ3v) is 3.84. The number of likely N-dealkylation sites (tertiary alicyclic amines) is 1. The van der Waals surface area contributed by atoms with Crippen molar-refractivity contribution in [1.82, 2.24) is 4.90 Å². The highest BCUT2D eigenvalue weighted by atomic mass is 16.4. The summed E-state index contributed by atoms with van der Waals surface area (Å²) in [6.07, 6.45) is 2.31. The molecule has 94 valence electrons. The molecule has 16 heavy (non-hydrogen) atoms. The van der Waals surface area contributed by atoms with Gasteiger partial charge in [0.15, 0.2) is 0 Å². The zero-order valence-electron chi connectivity index (χ0n) is 10.4. The largest absolute Gasteiger partial charge is 0.480 e. The van der Waals surface area contributed by atoms with E-state index in [1.165, 1.54) is 0 Å². The van der Waals surface area contributed by atoms with Crippen LogP contribution in [0.15, 0.2) is 0 Å². The molecule has 0 bridgehead atoms. The molecule has 1 fully saturated rings. The summed E-state index contributed by atoms with van der Waals surface area (Å²) in [4.78, 5) is 13.2. The van der Waals surface area contributed by atoms with Crippen molar-refractivity contribution in [2.75, 3.05) is 6.54 Å². The van der Waals surface area contributed by atoms with E-state index >= 15 is 0 Å². The van der Waals surface area contributed by atoms with Crippen molar-refractivity contribution >= 4 is 5.97 Å². The highest BCUT2D eigenvalue weighted by Gasteiger charge is 2.36. The smallest absolute Gasteiger partial charge is 0.320 e. The van der Waals surface area contributed by atoms with Crippen LogP contribution in [-0.2, 0) is 4.79 Å². The fourth-order valence-electron chi connectivity index (χ4n) is 2.43. The highest BCUT2D eigenvalue weighted by Crippen LogP contribution is 2.27. The molecule has 1 aliphatic heterocycles. The third kappa shape index (κ3) is 2.95. The summed E-state index contributed by atoms with van der Waals surface area (Å²) in [6, 6.07) is -0.512. The molecule has 4 atom stereocenters. The number of carbonyl (C=O) groups is 1. The van der Waals surface area contributed by atoms with Crippen LogP contribution >= 0.6 is 0 Å². The van der Waals surface area contributed by atoms with E-state index < -0.39 is 18.1 Å². The summed E-state index contributed by atoms with van der Waals surface area (Å²) >= 11 is 0. The van der Waals surface area contributed by atoms with Crippen LogP contribution in [0.2, 0.25) is 0 Å². The van der Waals surface area contributed by atoms with Gasteiger partial charge in [0.25, 0.3) is 0 Å². The van der Waals surface area contributed by atoms with Crippen molar-refractivity contribution in [3.8, 4) is 0 Å². The fraction of sp³-hybridized carbons (Fsp3) is 0.917. The zero-order chi connectivity index (χ0) is 12.3. The van der Waals surface area contributed by atoms with Gasteiger partial charge in [0.1, 0.15) is 6.04 Å². The van der Waals surface area contributed by atoms with Gasteiger partial charge in [-0.2, -0.15) is 0 Å². The number of aliphatic carboxylic acids is 1. The molecule has 4 unspecified atom stereocenters. The van der Waals surface area contributed by atoms with E-state index in [1.807, 2.05) is 11.8 Å². The summed E-state index contributed by atoms with van der Waals surface area (Å²) in [5, 5.41) is 18.8. The summed E-state index contributed by atoms with van der Waals surface area (Å²) < 4.78 is 0. The van der Waals surface area contributed by atoms with Crippen LogP contribution in [0, 0.1) is 5.92 Å². The molecule has 4 heteroatoms. The molecule has 0 radical (unpaired) electrons. The molecule has 1 saturated heterocycles. The molecular formula is C12H23NO3. The molecule has 4 nitrogen and oxygen atoms in total. The average Bonchev–Trinajstić information content (AvgIpc) is 2.26. The molecule has 0 saturated carbocycles. The van der Waals surface area contributed by atoms with Crippen molar-refractivity contribution in [2.24, 2.45) is 5.92 Å². The normalized spacial score (nSPS) is 31.0. The summed E-state index contributed by atoms with van der Waals surface area (Å²) in [5.74, 6) is -0.246. The molecular weight excluding hydrogens is 206 g/mol. The lowest BCUT2D eigenvalue weighted by atomic mass is 9.87. The average molecular weight is 229 g/mol. The quantitative estimate of drug-likeness (QED) is 0.763. The Bertz CT molecular complexity index is 242. The monoisotopic (exact) mass is 229 g/mol. The van der Waals surface area contributed by atoms with E-state index in [0.717, 1.165) is 19.4 Å². The van der Waals surface area contributed by atoms with E-state index in [1.54, 1.807) is 6.92 Å². The highest BCUT2D eigenvalue weighted by molar-refractivity contribution is 5.73. The van der Waals surface area contributed by atoms with Crippen LogP contribution in [0.3, 0.4) is 0 Å². The Morgan fingerprint density at radius 3 is 2.56 bits per heavy atom. The number of carboxylic acid groups (broad SMARTS) is 1. The van der Waals surface area contributed by atoms with Crippen LogP contribution in [-0.4, -0.2) is 45.8 Å². The van der Waals surface area contributed by atoms with E-state index in [4.69, 9.17) is 0 Å². The van der Waals surface area contributed by atoms with Gasteiger partial charge in [0, 0.05) is 6.04 Å². The van der Waals surface area contributed by atoms with Gasteiger partial charge in [-0.15, -0.1) is 0 Å². The van der Waals surface area contributed by atoms with E-state index in [0.29, 0.717) is 12.3 Å². The number of carboxylic acids is 1. The van der Waals surface area contributed by atoms with Crippen LogP contribution in [0.4, 0.5) is 0 Å². The predicted octanol–water partition coefficient (Wildman–Crippen LogP) is 1.33. The van der Waals surface area contributed by atoms with Crippen molar-refractivity contribution in [3.05, 3.63) is 0 Å². The summed E-state index contributed by atoms with van der Waals surface area (Å²) in [5.41, 5.74) is 0. The van der Waals surface area contributed by atoms with Gasteiger partial charge in [0.05, 0.1) is 6.10 Å². The molecule has 0 spiro atoms. The maximum Gasteiger partial charge on any atom is 0.320 e. The summed E-state index contributed by atoms with van der Waals surface area (Å²) in [6.45, 7) is 6.50. The Kier molecular flexibility index (Phi) is 4.74. The molecule has 0 aliphatic carbocycles. The van der Waals surface area contributed by atoms with Gasteiger partial charge < -0.3 is 10.2 Å². The molecule has 1 heterocycles. The predicted molar refractivity (Wildman–Crippen MR) is 62.3 cm³/mol. The van der Waals surface area contributed by atoms with Crippen molar-refractivity contribution in [2.45, 2.75) is 58.2 Å². The second-order valence-corrected chi connectivity index (χ2v) is 4.87. The first-order valence-electron chi connectivity index (χ1n) is 6.14. The molecule has 0 amide bonds. The van der Waals surface area contributed by atoms with Gasteiger partial charge in [-0.1, -0.05) is 13.3 Å². The zero-order valence-corrected chi connectivity index (χ0v) is 10.4. The number of nitrogens with zero attached hydrogens (tertiary/aromatic N) is 1. The van der Waals surface area contributed by atoms with Crippen LogP contribution in [0.25, 0.3) is 0 Å². The summed E-state index contributed by atoms with van der Waals surface area (Å²) in [7, 11) is 0. The number of aliphatic hydroxyl groups excluding tert-OH is 1. The Morgan fingerprint density at radius 1 is 1.50 bits per heavy atom. The van der Waals surface area contributed by atoms with Gasteiger partial charge in [-0.05, 0) is 39.2 Å². The minimum Gasteiger partial charge on any atom is -0.480 e. The van der Waals surface area contributed by atoms with Gasteiger partial charge in [0.2, 0.25) is 0 Å². The standard InChI is InChI=1S/C12H23NO3/c1-4-10-5-6-13(8(2)9(3)14)11(7-10)12(15)16/h8-11,14H,4-7H2,1-3H3,(H,15,16). The second kappa shape index (κ2) is 5.64. The fourth-order valence-corrected chi connectivity index (χ4v) is 2.43. The van der Waals surface area contributed by atoms with Crippen molar-refractivity contribution < 1.29 is 15.0 Å². The number of hydrogen-bond donors (Lipinski definition) is 2. The molecule has 1 aliphatic rings. The van der Waals surface area contributed by atoms with Crippen LogP contribution < -0.4 is 0 Å². The first kappa shape index (κ1) is 13.5. The van der Waals surface area contributed by atoms with Crippen LogP contribution in [0.5, 0.6) is 0 Å². The first-order chi connectivity index (χ1) is 7.47. The molecule has 0 aromatic heterocycles. The third-order valence-electron chi connectivity index (χ3n) is 3.84. The maximum absolute atomic E-state index is 11.2. The lowest BCUT2D eigenvalue weighted by Crippen LogP contribution is -2.53. The maximum atomic E-state index is 11.2. The number of piperidine rings is 1. The minimum absolute atomic E-state index is 0.0843. The van der Waals surface area contributed by atoms with E-state index in [-0.39, 0.29) is 6.04 Å². The Labute approximate surface area is 97.3 Å².